The predicted octanol–water partition coefficient (Wildman–Crippen LogP) is 1.14. The van der Waals surface area contributed by atoms with Crippen molar-refractivity contribution in [2.24, 2.45) is 11.7 Å². The highest BCUT2D eigenvalue weighted by atomic mass is 16.5. The molecule has 1 aliphatic rings. The zero-order valence-corrected chi connectivity index (χ0v) is 11.8. The molecule has 1 fully saturated rings. The van der Waals surface area contributed by atoms with Gasteiger partial charge < -0.3 is 20.5 Å². The smallest absolute Gasteiger partial charge is 0.227 e. The number of amides is 1. The van der Waals surface area contributed by atoms with Crippen molar-refractivity contribution < 1.29 is 14.6 Å². The summed E-state index contributed by atoms with van der Waals surface area (Å²) in [5.74, 6) is 0.456. The number of nitrogens with zero attached hydrogens (tertiary/aromatic N) is 1. The SMILES string of the molecule is COc1cc(CC(CN)C(=O)N2CCCC2)ccc1O. The standard InChI is InChI=1S/C15H22N2O3/c1-20-14-9-11(4-5-13(14)18)8-12(10-16)15(19)17-6-2-3-7-17/h4-5,9,12,18H,2-3,6-8,10,16H2,1H3. The van der Waals surface area contributed by atoms with Crippen LogP contribution < -0.4 is 10.5 Å². The Morgan fingerprint density at radius 3 is 2.75 bits per heavy atom. The Hall–Kier alpha value is -1.75. The molecule has 20 heavy (non-hydrogen) atoms. The fraction of sp³-hybridized carbons (Fsp3) is 0.533. The van der Waals surface area contributed by atoms with E-state index < -0.39 is 0 Å². The van der Waals surface area contributed by atoms with Gasteiger partial charge in [-0.25, -0.2) is 0 Å². The van der Waals surface area contributed by atoms with Gasteiger partial charge in [-0.05, 0) is 37.0 Å². The molecule has 1 unspecified atom stereocenters. The third kappa shape index (κ3) is 3.22. The van der Waals surface area contributed by atoms with Gasteiger partial charge in [0.25, 0.3) is 0 Å². The number of hydrogen-bond acceptors (Lipinski definition) is 4. The molecule has 5 heteroatoms. The van der Waals surface area contributed by atoms with E-state index in [1.54, 1.807) is 18.2 Å². The summed E-state index contributed by atoms with van der Waals surface area (Å²) < 4.78 is 5.08. The average Bonchev–Trinajstić information content (AvgIpc) is 2.99. The van der Waals surface area contributed by atoms with Gasteiger partial charge in [-0.2, -0.15) is 0 Å². The van der Waals surface area contributed by atoms with Gasteiger partial charge in [-0.1, -0.05) is 6.07 Å². The number of nitrogens with two attached hydrogens (primary N) is 1. The summed E-state index contributed by atoms with van der Waals surface area (Å²) in [6.45, 7) is 2.01. The third-order valence-electron chi connectivity index (χ3n) is 3.78. The molecule has 2 rings (SSSR count). The predicted molar refractivity (Wildman–Crippen MR) is 76.7 cm³/mol. The van der Waals surface area contributed by atoms with Crippen LogP contribution in [0.15, 0.2) is 18.2 Å². The minimum Gasteiger partial charge on any atom is -0.504 e. The van der Waals surface area contributed by atoms with Gasteiger partial charge in [0.15, 0.2) is 11.5 Å². The first-order valence-corrected chi connectivity index (χ1v) is 7.00. The maximum absolute atomic E-state index is 12.4. The molecule has 0 spiro atoms. The molecule has 1 amide bonds. The van der Waals surface area contributed by atoms with E-state index >= 15 is 0 Å². The monoisotopic (exact) mass is 278 g/mol. The zero-order valence-electron chi connectivity index (χ0n) is 11.8. The third-order valence-corrected chi connectivity index (χ3v) is 3.78. The highest BCUT2D eigenvalue weighted by Crippen LogP contribution is 2.27. The second-order valence-corrected chi connectivity index (χ2v) is 5.18. The van der Waals surface area contributed by atoms with Gasteiger partial charge in [-0.15, -0.1) is 0 Å². The van der Waals surface area contributed by atoms with Crippen molar-refractivity contribution in [3.05, 3.63) is 23.8 Å². The Morgan fingerprint density at radius 1 is 1.45 bits per heavy atom. The molecule has 1 atom stereocenters. The summed E-state index contributed by atoms with van der Waals surface area (Å²) in [5, 5.41) is 9.58. The number of likely N-dealkylation sites (tertiary alicyclic amines) is 1. The van der Waals surface area contributed by atoms with Gasteiger partial charge in [0.1, 0.15) is 0 Å². The molecule has 1 aliphatic heterocycles. The number of phenolic OH excluding ortho intramolecular Hbond substituents is 1. The van der Waals surface area contributed by atoms with Crippen molar-refractivity contribution in [3.8, 4) is 11.5 Å². The number of ether oxygens (including phenoxy) is 1. The second kappa shape index (κ2) is 6.61. The first-order valence-electron chi connectivity index (χ1n) is 7.00. The molecule has 1 saturated heterocycles. The van der Waals surface area contributed by atoms with Gasteiger partial charge in [0, 0.05) is 19.6 Å². The number of rotatable bonds is 5. The van der Waals surface area contributed by atoms with Crippen LogP contribution in [0.25, 0.3) is 0 Å². The van der Waals surface area contributed by atoms with Crippen LogP contribution >= 0.6 is 0 Å². The van der Waals surface area contributed by atoms with Crippen LogP contribution in [0.5, 0.6) is 11.5 Å². The van der Waals surface area contributed by atoms with Gasteiger partial charge in [0.05, 0.1) is 13.0 Å². The van der Waals surface area contributed by atoms with Crippen molar-refractivity contribution in [2.75, 3.05) is 26.7 Å². The van der Waals surface area contributed by atoms with E-state index in [0.29, 0.717) is 18.7 Å². The molecule has 1 aromatic rings. The van der Waals surface area contributed by atoms with E-state index in [-0.39, 0.29) is 17.6 Å². The Labute approximate surface area is 119 Å². The first kappa shape index (κ1) is 14.7. The average molecular weight is 278 g/mol. The van der Waals surface area contributed by atoms with Crippen molar-refractivity contribution in [2.45, 2.75) is 19.3 Å². The van der Waals surface area contributed by atoms with Crippen LogP contribution in [0.4, 0.5) is 0 Å². The van der Waals surface area contributed by atoms with Crippen molar-refractivity contribution >= 4 is 5.91 Å². The van der Waals surface area contributed by atoms with Crippen LogP contribution in [-0.4, -0.2) is 42.7 Å². The van der Waals surface area contributed by atoms with Gasteiger partial charge in [0.2, 0.25) is 5.91 Å². The topological polar surface area (TPSA) is 75.8 Å². The van der Waals surface area contributed by atoms with Crippen molar-refractivity contribution in [1.82, 2.24) is 4.90 Å². The number of phenols is 1. The van der Waals surface area contributed by atoms with Crippen molar-refractivity contribution in [1.29, 1.82) is 0 Å². The van der Waals surface area contributed by atoms with E-state index in [0.717, 1.165) is 31.5 Å². The second-order valence-electron chi connectivity index (χ2n) is 5.18. The molecule has 0 bridgehead atoms. The van der Waals surface area contributed by atoms with Crippen LogP contribution in [0, 0.1) is 5.92 Å². The van der Waals surface area contributed by atoms with Gasteiger partial charge >= 0.3 is 0 Å². The number of carbonyl (C=O) groups excluding carboxylic acids is 1. The summed E-state index contributed by atoms with van der Waals surface area (Å²) in [5.41, 5.74) is 6.71. The molecule has 0 saturated carbocycles. The van der Waals surface area contributed by atoms with E-state index in [1.807, 2.05) is 4.90 Å². The zero-order chi connectivity index (χ0) is 14.5. The van der Waals surface area contributed by atoms with E-state index in [4.69, 9.17) is 10.5 Å². The summed E-state index contributed by atoms with van der Waals surface area (Å²) in [4.78, 5) is 14.3. The molecule has 0 aromatic heterocycles. The van der Waals surface area contributed by atoms with E-state index in [1.165, 1.54) is 7.11 Å². The van der Waals surface area contributed by atoms with Crippen molar-refractivity contribution in [3.63, 3.8) is 0 Å². The number of hydrogen-bond donors (Lipinski definition) is 2. The quantitative estimate of drug-likeness (QED) is 0.847. The molecular formula is C15H22N2O3. The molecule has 0 radical (unpaired) electrons. The van der Waals surface area contributed by atoms with Crippen LogP contribution in [0.1, 0.15) is 18.4 Å². The van der Waals surface area contributed by atoms with Crippen LogP contribution in [-0.2, 0) is 11.2 Å². The van der Waals surface area contributed by atoms with E-state index in [2.05, 4.69) is 0 Å². The lowest BCUT2D eigenvalue weighted by Crippen LogP contribution is -2.38. The fourth-order valence-corrected chi connectivity index (χ4v) is 2.60. The summed E-state index contributed by atoms with van der Waals surface area (Å²) >= 11 is 0. The maximum Gasteiger partial charge on any atom is 0.227 e. The molecule has 0 aliphatic carbocycles. The largest absolute Gasteiger partial charge is 0.504 e. The number of carbonyl (C=O) groups is 1. The summed E-state index contributed by atoms with van der Waals surface area (Å²) in [6, 6.07) is 5.15. The number of aromatic hydroxyl groups is 1. The maximum atomic E-state index is 12.4. The fourth-order valence-electron chi connectivity index (χ4n) is 2.60. The van der Waals surface area contributed by atoms with E-state index in [9.17, 15) is 9.90 Å². The van der Waals surface area contributed by atoms with Gasteiger partial charge in [-0.3, -0.25) is 4.79 Å². The molecule has 5 nitrogen and oxygen atoms in total. The van der Waals surface area contributed by atoms with Crippen LogP contribution in [0.2, 0.25) is 0 Å². The highest BCUT2D eigenvalue weighted by molar-refractivity contribution is 5.79. The number of benzene rings is 1. The Bertz CT molecular complexity index is 470. The minimum atomic E-state index is -0.206. The molecule has 110 valence electrons. The highest BCUT2D eigenvalue weighted by Gasteiger charge is 2.25. The summed E-state index contributed by atoms with van der Waals surface area (Å²) in [7, 11) is 1.51. The normalized spacial score (nSPS) is 16.2. The Kier molecular flexibility index (Phi) is 4.84. The molecular weight excluding hydrogens is 256 g/mol. The summed E-state index contributed by atoms with van der Waals surface area (Å²) in [6.07, 6.45) is 2.73. The lowest BCUT2D eigenvalue weighted by atomic mass is 9.97. The molecule has 1 aromatic carbocycles. The molecule has 3 N–H and O–H groups in total. The first-order chi connectivity index (χ1) is 9.65. The molecule has 1 heterocycles. The van der Waals surface area contributed by atoms with Crippen LogP contribution in [0.3, 0.4) is 0 Å². The Balaban J connectivity index is 2.07. The minimum absolute atomic E-state index is 0.103. The lowest BCUT2D eigenvalue weighted by molar-refractivity contribution is -0.134. The lowest BCUT2D eigenvalue weighted by Gasteiger charge is -2.22. The Morgan fingerprint density at radius 2 is 2.15 bits per heavy atom. The number of methoxy groups -OCH3 is 1.